The van der Waals surface area contributed by atoms with Crippen LogP contribution >= 0.6 is 0 Å². The lowest BCUT2D eigenvalue weighted by Gasteiger charge is -2.18. The first-order valence-corrected chi connectivity index (χ1v) is 29.0. The van der Waals surface area contributed by atoms with Crippen molar-refractivity contribution in [1.82, 2.24) is 0 Å². The second-order valence-electron chi connectivity index (χ2n) is 18.8. The highest BCUT2D eigenvalue weighted by Gasteiger charge is 2.19. The molecule has 0 bridgehead atoms. The van der Waals surface area contributed by atoms with Crippen LogP contribution in [0, 0.1) is 0 Å². The molecular formula is C65H106O6. The molecule has 0 saturated carbocycles. The molecule has 0 aromatic heterocycles. The summed E-state index contributed by atoms with van der Waals surface area (Å²) in [5.41, 5.74) is 0. The summed E-state index contributed by atoms with van der Waals surface area (Å²) < 4.78 is 16.8. The van der Waals surface area contributed by atoms with Gasteiger partial charge in [0.1, 0.15) is 13.2 Å². The average Bonchev–Trinajstić information content (AvgIpc) is 3.37. The number of rotatable bonds is 51. The van der Waals surface area contributed by atoms with E-state index in [4.69, 9.17) is 14.2 Å². The molecule has 0 aromatic rings. The molecule has 0 aromatic carbocycles. The van der Waals surface area contributed by atoms with E-state index in [1.54, 1.807) is 0 Å². The van der Waals surface area contributed by atoms with Crippen LogP contribution in [0.5, 0.6) is 0 Å². The van der Waals surface area contributed by atoms with Crippen LogP contribution in [-0.4, -0.2) is 37.2 Å². The van der Waals surface area contributed by atoms with Gasteiger partial charge in [0.15, 0.2) is 6.10 Å². The molecule has 0 radical (unpaired) electrons. The number of ether oxygens (including phenoxy) is 3. The molecule has 6 nitrogen and oxygen atoms in total. The minimum atomic E-state index is -0.819. The van der Waals surface area contributed by atoms with Gasteiger partial charge in [-0.25, -0.2) is 0 Å². The van der Waals surface area contributed by atoms with Crippen LogP contribution in [0.15, 0.2) is 122 Å². The second-order valence-corrected chi connectivity index (χ2v) is 18.8. The van der Waals surface area contributed by atoms with E-state index >= 15 is 0 Å². The Labute approximate surface area is 437 Å². The van der Waals surface area contributed by atoms with Gasteiger partial charge in [-0.15, -0.1) is 0 Å². The standard InChI is InChI=1S/C65H106O6/c1-4-7-10-13-16-19-22-25-28-31-32-35-37-40-43-46-49-52-55-58-64(67)70-61-62(71-65(68)59-56-53-50-47-44-41-38-34-30-27-24-21-18-15-12-9-6-3)60-69-63(66)57-54-51-48-45-42-39-36-33-29-26-23-20-17-14-11-8-5-2/h8,11,16-21,25-30,36,38-39,41,45,48,62H,4-7,9-10,12-15,22-24,31-35,37,40,42-44,46-47,49-61H2,1-3H3/b11-8-,19-16-,20-17-,21-18-,28-25-,29-26-,30-27-,39-36-,41-38-,48-45-/t62-/m1/s1. The van der Waals surface area contributed by atoms with Crippen LogP contribution in [0.3, 0.4) is 0 Å². The van der Waals surface area contributed by atoms with Gasteiger partial charge in [-0.05, 0) is 128 Å². The molecule has 1 atom stereocenters. The monoisotopic (exact) mass is 983 g/mol. The Morgan fingerprint density at radius 3 is 0.915 bits per heavy atom. The van der Waals surface area contributed by atoms with Gasteiger partial charge in [0.25, 0.3) is 0 Å². The summed E-state index contributed by atoms with van der Waals surface area (Å²) in [5, 5.41) is 0. The third kappa shape index (κ3) is 56.6. The lowest BCUT2D eigenvalue weighted by Crippen LogP contribution is -2.30. The Bertz CT molecular complexity index is 1500. The maximum Gasteiger partial charge on any atom is 0.306 e. The predicted octanol–water partition coefficient (Wildman–Crippen LogP) is 19.6. The molecule has 402 valence electrons. The number of carbonyl (C=O) groups excluding carboxylic acids is 3. The fraction of sp³-hybridized carbons (Fsp3) is 0.646. The first kappa shape index (κ1) is 66.8. The van der Waals surface area contributed by atoms with E-state index in [1.165, 1.54) is 96.3 Å². The molecule has 0 unspecified atom stereocenters. The zero-order chi connectivity index (χ0) is 51.4. The Balaban J connectivity index is 4.52. The summed E-state index contributed by atoms with van der Waals surface area (Å²) >= 11 is 0. The SMILES string of the molecule is CC/C=C\C/C=C\C/C=C\C/C=C\C/C=C\CCCC(=O)OC[C@H](COC(=O)CCCCCCCCCCC/C=C\C/C=C\CCCCC)OC(=O)CCCCCC/C=C\C/C=C\C/C=C\CCCCC. The number of hydrogen-bond donors (Lipinski definition) is 0. The third-order valence-electron chi connectivity index (χ3n) is 11.9. The normalized spacial score (nSPS) is 13.0. The van der Waals surface area contributed by atoms with E-state index in [2.05, 4.69) is 142 Å². The maximum absolute atomic E-state index is 12.9. The third-order valence-corrected chi connectivity index (χ3v) is 11.9. The zero-order valence-corrected chi connectivity index (χ0v) is 45.9. The van der Waals surface area contributed by atoms with Gasteiger partial charge in [-0.3, -0.25) is 14.4 Å². The van der Waals surface area contributed by atoms with E-state index in [1.807, 2.05) is 0 Å². The van der Waals surface area contributed by atoms with E-state index in [9.17, 15) is 14.4 Å². The van der Waals surface area contributed by atoms with E-state index in [0.29, 0.717) is 12.8 Å². The van der Waals surface area contributed by atoms with Crippen molar-refractivity contribution in [2.45, 2.75) is 258 Å². The highest BCUT2D eigenvalue weighted by atomic mass is 16.6. The number of allylic oxidation sites excluding steroid dienone is 20. The van der Waals surface area contributed by atoms with Gasteiger partial charge >= 0.3 is 17.9 Å². The number of unbranched alkanes of at least 4 members (excludes halogenated alkanes) is 20. The average molecular weight is 984 g/mol. The van der Waals surface area contributed by atoms with Gasteiger partial charge in [0.05, 0.1) is 0 Å². The molecule has 0 spiro atoms. The van der Waals surface area contributed by atoms with Crippen molar-refractivity contribution in [3.63, 3.8) is 0 Å². The van der Waals surface area contributed by atoms with Gasteiger partial charge in [-0.2, -0.15) is 0 Å². The molecule has 6 heteroatoms. The molecule has 0 N–H and O–H groups in total. The molecule has 0 amide bonds. The first-order valence-electron chi connectivity index (χ1n) is 29.0. The fourth-order valence-corrected chi connectivity index (χ4v) is 7.57. The van der Waals surface area contributed by atoms with Crippen molar-refractivity contribution in [1.29, 1.82) is 0 Å². The van der Waals surface area contributed by atoms with E-state index in [0.717, 1.165) is 109 Å². The van der Waals surface area contributed by atoms with Crippen LogP contribution in [0.1, 0.15) is 252 Å². The molecule has 0 aliphatic rings. The van der Waals surface area contributed by atoms with E-state index < -0.39 is 6.10 Å². The summed E-state index contributed by atoms with van der Waals surface area (Å²) in [6, 6.07) is 0. The van der Waals surface area contributed by atoms with Crippen molar-refractivity contribution in [3.8, 4) is 0 Å². The summed E-state index contributed by atoms with van der Waals surface area (Å²) in [4.78, 5) is 38.2. The van der Waals surface area contributed by atoms with Crippen molar-refractivity contribution in [2.24, 2.45) is 0 Å². The first-order chi connectivity index (χ1) is 35.0. The lowest BCUT2D eigenvalue weighted by atomic mass is 10.1. The van der Waals surface area contributed by atoms with Crippen molar-refractivity contribution < 1.29 is 28.6 Å². The number of hydrogen-bond acceptors (Lipinski definition) is 6. The topological polar surface area (TPSA) is 78.9 Å². The van der Waals surface area contributed by atoms with Crippen molar-refractivity contribution >= 4 is 17.9 Å². The van der Waals surface area contributed by atoms with Crippen LogP contribution in [0.2, 0.25) is 0 Å². The Morgan fingerprint density at radius 2 is 0.563 bits per heavy atom. The molecule has 0 fully saturated rings. The van der Waals surface area contributed by atoms with Gasteiger partial charge < -0.3 is 14.2 Å². The maximum atomic E-state index is 12.9. The molecular weight excluding hydrogens is 877 g/mol. The van der Waals surface area contributed by atoms with Crippen molar-refractivity contribution in [2.75, 3.05) is 13.2 Å². The molecule has 0 rings (SSSR count). The molecule has 0 heterocycles. The quantitative estimate of drug-likeness (QED) is 0.0261. The van der Waals surface area contributed by atoms with Gasteiger partial charge in [0, 0.05) is 19.3 Å². The Morgan fingerprint density at radius 1 is 0.296 bits per heavy atom. The summed E-state index contributed by atoms with van der Waals surface area (Å²) in [5.74, 6) is -0.998. The second kappa shape index (κ2) is 58.4. The highest BCUT2D eigenvalue weighted by Crippen LogP contribution is 2.14. The van der Waals surface area contributed by atoms with Crippen LogP contribution in [0.4, 0.5) is 0 Å². The number of esters is 3. The smallest absolute Gasteiger partial charge is 0.306 e. The summed E-state index contributed by atoms with van der Waals surface area (Å²) in [7, 11) is 0. The fourth-order valence-electron chi connectivity index (χ4n) is 7.57. The Kier molecular flexibility index (Phi) is 54.9. The molecule has 0 aliphatic heterocycles. The van der Waals surface area contributed by atoms with Crippen LogP contribution in [-0.2, 0) is 28.6 Å². The highest BCUT2D eigenvalue weighted by molar-refractivity contribution is 5.71. The number of carbonyl (C=O) groups is 3. The van der Waals surface area contributed by atoms with Crippen LogP contribution in [0.25, 0.3) is 0 Å². The van der Waals surface area contributed by atoms with Crippen LogP contribution < -0.4 is 0 Å². The lowest BCUT2D eigenvalue weighted by molar-refractivity contribution is -0.167. The van der Waals surface area contributed by atoms with Crippen molar-refractivity contribution in [3.05, 3.63) is 122 Å². The minimum Gasteiger partial charge on any atom is -0.462 e. The van der Waals surface area contributed by atoms with Gasteiger partial charge in [0.2, 0.25) is 0 Å². The predicted molar refractivity (Wildman–Crippen MR) is 306 cm³/mol. The summed E-state index contributed by atoms with van der Waals surface area (Å²) in [6.07, 6.45) is 80.4. The van der Waals surface area contributed by atoms with E-state index in [-0.39, 0.29) is 44.0 Å². The Hall–Kier alpha value is -4.19. The zero-order valence-electron chi connectivity index (χ0n) is 45.9. The van der Waals surface area contributed by atoms with Gasteiger partial charge in [-0.1, -0.05) is 226 Å². The molecule has 71 heavy (non-hydrogen) atoms. The molecule has 0 aliphatic carbocycles. The largest absolute Gasteiger partial charge is 0.462 e. The molecule has 0 saturated heterocycles. The summed E-state index contributed by atoms with van der Waals surface area (Å²) in [6.45, 7) is 6.40. The minimum absolute atomic E-state index is 0.110.